The molecule has 1 aliphatic heterocycles. The molecule has 1 heterocycles. The monoisotopic (exact) mass is 253 g/mol. The van der Waals surface area contributed by atoms with E-state index in [4.69, 9.17) is 5.73 Å². The molecule has 0 unspecified atom stereocenters. The van der Waals surface area contributed by atoms with Crippen LogP contribution in [0.3, 0.4) is 0 Å². The van der Waals surface area contributed by atoms with E-state index in [1.807, 2.05) is 0 Å². The lowest BCUT2D eigenvalue weighted by molar-refractivity contribution is 0.130. The molecular formula is C15H31N3. The van der Waals surface area contributed by atoms with Crippen LogP contribution in [-0.2, 0) is 0 Å². The van der Waals surface area contributed by atoms with Crippen molar-refractivity contribution in [3.8, 4) is 0 Å². The molecule has 0 aromatic carbocycles. The van der Waals surface area contributed by atoms with Gasteiger partial charge in [0.25, 0.3) is 0 Å². The number of hydrogen-bond donors (Lipinski definition) is 2. The molecule has 1 saturated carbocycles. The highest BCUT2D eigenvalue weighted by Gasteiger charge is 2.34. The van der Waals surface area contributed by atoms with Crippen molar-refractivity contribution in [3.05, 3.63) is 0 Å². The summed E-state index contributed by atoms with van der Waals surface area (Å²) in [4.78, 5) is 2.54. The van der Waals surface area contributed by atoms with Gasteiger partial charge in [-0.2, -0.15) is 0 Å². The molecule has 2 fully saturated rings. The Morgan fingerprint density at radius 2 is 1.72 bits per heavy atom. The Bertz CT molecular complexity index is 226. The Labute approximate surface area is 112 Å². The number of piperidine rings is 1. The van der Waals surface area contributed by atoms with E-state index < -0.39 is 0 Å². The first-order valence-corrected chi connectivity index (χ1v) is 7.98. The van der Waals surface area contributed by atoms with Gasteiger partial charge in [0.15, 0.2) is 0 Å². The van der Waals surface area contributed by atoms with Gasteiger partial charge in [0, 0.05) is 18.1 Å². The molecule has 0 amide bonds. The third-order valence-electron chi connectivity index (χ3n) is 5.02. The number of hydrogen-bond acceptors (Lipinski definition) is 3. The van der Waals surface area contributed by atoms with Crippen molar-refractivity contribution in [3.63, 3.8) is 0 Å². The summed E-state index contributed by atoms with van der Waals surface area (Å²) in [6.45, 7) is 6.68. The summed E-state index contributed by atoms with van der Waals surface area (Å²) in [7, 11) is 0. The first-order chi connectivity index (χ1) is 8.78. The fourth-order valence-corrected chi connectivity index (χ4v) is 3.56. The summed E-state index contributed by atoms with van der Waals surface area (Å²) in [5.41, 5.74) is 6.34. The minimum absolute atomic E-state index is 0.237. The average molecular weight is 253 g/mol. The highest BCUT2D eigenvalue weighted by molar-refractivity contribution is 4.96. The van der Waals surface area contributed by atoms with Crippen LogP contribution in [0.2, 0.25) is 0 Å². The molecule has 0 atom stereocenters. The fraction of sp³-hybridized carbons (Fsp3) is 1.00. The van der Waals surface area contributed by atoms with E-state index in [0.29, 0.717) is 0 Å². The molecule has 0 radical (unpaired) electrons. The summed E-state index contributed by atoms with van der Waals surface area (Å²) in [6, 6.07) is 0.726. The zero-order valence-electron chi connectivity index (χ0n) is 12.1. The van der Waals surface area contributed by atoms with Gasteiger partial charge in [0.1, 0.15) is 0 Å². The number of nitrogens with two attached hydrogens (primary N) is 1. The average Bonchev–Trinajstić information content (AvgIpc) is 2.68. The van der Waals surface area contributed by atoms with Crippen LogP contribution < -0.4 is 11.1 Å². The van der Waals surface area contributed by atoms with Gasteiger partial charge in [-0.05, 0) is 45.3 Å². The zero-order chi connectivity index (χ0) is 12.8. The van der Waals surface area contributed by atoms with E-state index in [1.54, 1.807) is 0 Å². The lowest BCUT2D eigenvalue weighted by Crippen LogP contribution is -2.60. The second-order valence-electron chi connectivity index (χ2n) is 6.25. The molecule has 0 bridgehead atoms. The lowest BCUT2D eigenvalue weighted by Gasteiger charge is -2.44. The van der Waals surface area contributed by atoms with Gasteiger partial charge in [0.05, 0.1) is 0 Å². The van der Waals surface area contributed by atoms with E-state index in [0.717, 1.165) is 12.6 Å². The minimum Gasteiger partial charge on any atom is -0.329 e. The molecule has 0 aromatic heterocycles. The lowest BCUT2D eigenvalue weighted by atomic mass is 9.86. The van der Waals surface area contributed by atoms with Gasteiger partial charge >= 0.3 is 0 Å². The second-order valence-corrected chi connectivity index (χ2v) is 6.25. The number of likely N-dealkylation sites (tertiary alicyclic amines) is 1. The molecule has 2 aliphatic rings. The summed E-state index contributed by atoms with van der Waals surface area (Å²) < 4.78 is 0. The minimum atomic E-state index is 0.237. The normalized spacial score (nSPS) is 27.0. The Balaban J connectivity index is 1.87. The van der Waals surface area contributed by atoms with E-state index in [-0.39, 0.29) is 5.54 Å². The third kappa shape index (κ3) is 3.69. The predicted octanol–water partition coefficient (Wildman–Crippen LogP) is 2.11. The number of nitrogens with one attached hydrogen (secondary N) is 1. The Hall–Kier alpha value is -0.120. The van der Waals surface area contributed by atoms with Crippen molar-refractivity contribution in [2.45, 2.75) is 69.9 Å². The highest BCUT2D eigenvalue weighted by Crippen LogP contribution is 2.25. The van der Waals surface area contributed by atoms with Crippen LogP contribution in [0.1, 0.15) is 58.3 Å². The van der Waals surface area contributed by atoms with E-state index in [9.17, 15) is 0 Å². The van der Waals surface area contributed by atoms with Crippen LogP contribution in [0, 0.1) is 0 Å². The maximum atomic E-state index is 6.10. The predicted molar refractivity (Wildman–Crippen MR) is 77.8 cm³/mol. The summed E-state index contributed by atoms with van der Waals surface area (Å²) in [5.74, 6) is 0. The number of nitrogens with zero attached hydrogens (tertiary/aromatic N) is 1. The van der Waals surface area contributed by atoms with Crippen molar-refractivity contribution in [2.75, 3.05) is 26.2 Å². The van der Waals surface area contributed by atoms with Crippen molar-refractivity contribution >= 4 is 0 Å². The molecule has 3 heteroatoms. The molecule has 18 heavy (non-hydrogen) atoms. The standard InChI is InChI=1S/C15H31N3/c1-2-18-11-9-15(13-16,10-12-18)17-14-7-5-3-4-6-8-14/h14,17H,2-13,16H2,1H3. The summed E-state index contributed by atoms with van der Waals surface area (Å²) in [5, 5.41) is 3.95. The van der Waals surface area contributed by atoms with Gasteiger partial charge in [0.2, 0.25) is 0 Å². The molecule has 1 saturated heterocycles. The van der Waals surface area contributed by atoms with Crippen LogP contribution in [0.4, 0.5) is 0 Å². The fourth-order valence-electron chi connectivity index (χ4n) is 3.56. The zero-order valence-corrected chi connectivity index (χ0v) is 12.1. The van der Waals surface area contributed by atoms with Crippen LogP contribution in [-0.4, -0.2) is 42.7 Å². The van der Waals surface area contributed by atoms with E-state index in [2.05, 4.69) is 17.1 Å². The van der Waals surface area contributed by atoms with Crippen molar-refractivity contribution in [1.29, 1.82) is 0 Å². The molecular weight excluding hydrogens is 222 g/mol. The summed E-state index contributed by atoms with van der Waals surface area (Å²) >= 11 is 0. The largest absolute Gasteiger partial charge is 0.329 e. The second kappa shape index (κ2) is 6.88. The first kappa shape index (κ1) is 14.3. The number of rotatable bonds is 4. The first-order valence-electron chi connectivity index (χ1n) is 7.98. The third-order valence-corrected chi connectivity index (χ3v) is 5.02. The molecule has 106 valence electrons. The van der Waals surface area contributed by atoms with Crippen molar-refractivity contribution < 1.29 is 0 Å². The smallest absolute Gasteiger partial charge is 0.0330 e. The van der Waals surface area contributed by atoms with Crippen LogP contribution in [0.5, 0.6) is 0 Å². The molecule has 2 rings (SSSR count). The van der Waals surface area contributed by atoms with Gasteiger partial charge < -0.3 is 16.0 Å². The maximum absolute atomic E-state index is 6.10. The molecule has 3 nitrogen and oxygen atoms in total. The van der Waals surface area contributed by atoms with Crippen LogP contribution in [0.25, 0.3) is 0 Å². The van der Waals surface area contributed by atoms with Gasteiger partial charge in [-0.25, -0.2) is 0 Å². The Kier molecular flexibility index (Phi) is 5.46. The highest BCUT2D eigenvalue weighted by atomic mass is 15.2. The maximum Gasteiger partial charge on any atom is 0.0330 e. The van der Waals surface area contributed by atoms with Gasteiger partial charge in [-0.1, -0.05) is 32.6 Å². The molecule has 1 aliphatic carbocycles. The van der Waals surface area contributed by atoms with Crippen molar-refractivity contribution in [1.82, 2.24) is 10.2 Å². The SMILES string of the molecule is CCN1CCC(CN)(NC2CCCCCC2)CC1. The van der Waals surface area contributed by atoms with Gasteiger partial charge in [-0.15, -0.1) is 0 Å². The molecule has 0 aromatic rings. The summed E-state index contributed by atoms with van der Waals surface area (Å²) in [6.07, 6.45) is 10.8. The topological polar surface area (TPSA) is 41.3 Å². The van der Waals surface area contributed by atoms with E-state index >= 15 is 0 Å². The van der Waals surface area contributed by atoms with Gasteiger partial charge in [-0.3, -0.25) is 0 Å². The van der Waals surface area contributed by atoms with E-state index in [1.165, 1.54) is 71.0 Å². The quantitative estimate of drug-likeness (QED) is 0.754. The Morgan fingerprint density at radius 3 is 2.22 bits per heavy atom. The molecule has 3 N–H and O–H groups in total. The Morgan fingerprint density at radius 1 is 1.11 bits per heavy atom. The van der Waals surface area contributed by atoms with Crippen molar-refractivity contribution in [2.24, 2.45) is 5.73 Å². The van der Waals surface area contributed by atoms with Crippen LogP contribution >= 0.6 is 0 Å². The van der Waals surface area contributed by atoms with Crippen LogP contribution in [0.15, 0.2) is 0 Å². The molecule has 0 spiro atoms.